The lowest BCUT2D eigenvalue weighted by atomic mass is 10.2. The normalized spacial score (nSPS) is 9.82. The van der Waals surface area contributed by atoms with Gasteiger partial charge in [0.1, 0.15) is 5.82 Å². The van der Waals surface area contributed by atoms with Crippen LogP contribution in [0.5, 0.6) is 0 Å². The molecule has 0 saturated heterocycles. The Morgan fingerprint density at radius 3 is 2.35 bits per heavy atom. The monoisotopic (exact) mass is 253 g/mol. The fourth-order valence-electron chi connectivity index (χ4n) is 1.50. The van der Waals surface area contributed by atoms with E-state index in [9.17, 15) is 0 Å². The third kappa shape index (κ3) is 2.99. The number of anilines is 1. The minimum atomic E-state index is -0.0111. The quantitative estimate of drug-likeness (QED) is 0.880. The zero-order valence-corrected chi connectivity index (χ0v) is 10.7. The highest BCUT2D eigenvalue weighted by Crippen LogP contribution is 2.19. The molecule has 2 rings (SSSR count). The standard InChI is InChI=1S/C12H15N3O.ClH/c1-15(2)11-5-3-9(4-6-11)12-13-7-10(8-16)14-12;/h3-7,16H,8H2,1-2H3,(H,13,14);1H. The number of aromatic amines is 1. The van der Waals surface area contributed by atoms with Crippen LogP contribution in [0.1, 0.15) is 5.69 Å². The van der Waals surface area contributed by atoms with Gasteiger partial charge in [-0.05, 0) is 24.3 Å². The molecule has 4 nitrogen and oxygen atoms in total. The van der Waals surface area contributed by atoms with E-state index in [4.69, 9.17) is 5.11 Å². The molecule has 0 aliphatic carbocycles. The minimum absolute atomic E-state index is 0. The molecule has 0 saturated carbocycles. The van der Waals surface area contributed by atoms with Crippen molar-refractivity contribution in [2.24, 2.45) is 0 Å². The minimum Gasteiger partial charge on any atom is -0.390 e. The third-order valence-electron chi connectivity index (χ3n) is 2.46. The molecule has 0 amide bonds. The van der Waals surface area contributed by atoms with Crippen molar-refractivity contribution in [3.05, 3.63) is 36.2 Å². The van der Waals surface area contributed by atoms with E-state index >= 15 is 0 Å². The fraction of sp³-hybridized carbons (Fsp3) is 0.250. The van der Waals surface area contributed by atoms with Gasteiger partial charge in [-0.25, -0.2) is 4.98 Å². The van der Waals surface area contributed by atoms with Gasteiger partial charge in [-0.15, -0.1) is 12.4 Å². The molecule has 0 aliphatic heterocycles. The maximum absolute atomic E-state index is 8.94. The molecule has 0 aliphatic rings. The smallest absolute Gasteiger partial charge is 0.137 e. The van der Waals surface area contributed by atoms with Gasteiger partial charge in [0.15, 0.2) is 0 Å². The Hall–Kier alpha value is -1.52. The SMILES string of the molecule is CN(C)c1ccc(-c2ncc(CO)[nH]2)cc1.Cl. The van der Waals surface area contributed by atoms with E-state index in [2.05, 4.69) is 9.97 Å². The Labute approximate surface area is 107 Å². The molecule has 1 aromatic heterocycles. The van der Waals surface area contributed by atoms with Crippen LogP contribution in [0.3, 0.4) is 0 Å². The summed E-state index contributed by atoms with van der Waals surface area (Å²) in [4.78, 5) is 9.30. The predicted octanol–water partition coefficient (Wildman–Crippen LogP) is 2.06. The molecular weight excluding hydrogens is 238 g/mol. The molecule has 17 heavy (non-hydrogen) atoms. The summed E-state index contributed by atoms with van der Waals surface area (Å²) in [7, 11) is 4.01. The van der Waals surface area contributed by atoms with E-state index in [1.165, 1.54) is 0 Å². The topological polar surface area (TPSA) is 52.1 Å². The first-order chi connectivity index (χ1) is 7.70. The number of rotatable bonds is 3. The Morgan fingerprint density at radius 1 is 1.24 bits per heavy atom. The summed E-state index contributed by atoms with van der Waals surface area (Å²) in [5.74, 6) is 0.786. The Morgan fingerprint density at radius 2 is 1.88 bits per heavy atom. The van der Waals surface area contributed by atoms with Gasteiger partial charge in [0, 0.05) is 25.3 Å². The van der Waals surface area contributed by atoms with Crippen LogP contribution in [0, 0.1) is 0 Å². The van der Waals surface area contributed by atoms with Crippen LogP contribution in [0.2, 0.25) is 0 Å². The van der Waals surface area contributed by atoms with Gasteiger partial charge in [0.05, 0.1) is 18.5 Å². The zero-order valence-electron chi connectivity index (χ0n) is 9.84. The van der Waals surface area contributed by atoms with E-state index in [-0.39, 0.29) is 19.0 Å². The van der Waals surface area contributed by atoms with Crippen molar-refractivity contribution in [1.82, 2.24) is 9.97 Å². The van der Waals surface area contributed by atoms with Crippen LogP contribution in [-0.4, -0.2) is 29.2 Å². The Bertz CT molecular complexity index is 465. The van der Waals surface area contributed by atoms with Crippen LogP contribution < -0.4 is 4.90 Å². The van der Waals surface area contributed by atoms with Gasteiger partial charge in [0.2, 0.25) is 0 Å². The molecule has 0 unspecified atom stereocenters. The predicted molar refractivity (Wildman–Crippen MR) is 71.5 cm³/mol. The molecule has 92 valence electrons. The summed E-state index contributed by atoms with van der Waals surface area (Å²) in [6, 6.07) is 8.09. The molecule has 0 spiro atoms. The Kier molecular flexibility index (Phi) is 4.54. The first kappa shape index (κ1) is 13.5. The number of nitrogens with one attached hydrogen (secondary N) is 1. The highest BCUT2D eigenvalue weighted by Gasteiger charge is 2.03. The second-order valence-corrected chi connectivity index (χ2v) is 3.86. The van der Waals surface area contributed by atoms with Gasteiger partial charge in [-0.3, -0.25) is 0 Å². The van der Waals surface area contributed by atoms with Crippen LogP contribution in [0.4, 0.5) is 5.69 Å². The lowest BCUT2D eigenvalue weighted by Crippen LogP contribution is -2.07. The van der Waals surface area contributed by atoms with Crippen molar-refractivity contribution in [2.45, 2.75) is 6.61 Å². The molecule has 1 aromatic carbocycles. The average molecular weight is 254 g/mol. The molecule has 2 aromatic rings. The number of H-pyrrole nitrogens is 1. The van der Waals surface area contributed by atoms with E-state index < -0.39 is 0 Å². The largest absolute Gasteiger partial charge is 0.390 e. The molecule has 0 fully saturated rings. The number of nitrogens with zero attached hydrogens (tertiary/aromatic N) is 2. The maximum Gasteiger partial charge on any atom is 0.137 e. The first-order valence-corrected chi connectivity index (χ1v) is 5.13. The van der Waals surface area contributed by atoms with Gasteiger partial charge in [0.25, 0.3) is 0 Å². The summed E-state index contributed by atoms with van der Waals surface area (Å²) >= 11 is 0. The summed E-state index contributed by atoms with van der Waals surface area (Å²) in [5, 5.41) is 8.94. The average Bonchev–Trinajstić information content (AvgIpc) is 2.77. The summed E-state index contributed by atoms with van der Waals surface area (Å²) in [6.07, 6.45) is 1.65. The van der Waals surface area contributed by atoms with E-state index in [1.807, 2.05) is 43.3 Å². The second kappa shape index (κ2) is 5.70. The molecular formula is C12H16ClN3O. The van der Waals surface area contributed by atoms with E-state index in [1.54, 1.807) is 6.20 Å². The number of imidazole rings is 1. The van der Waals surface area contributed by atoms with Crippen LogP contribution >= 0.6 is 12.4 Å². The molecule has 2 N–H and O–H groups in total. The van der Waals surface area contributed by atoms with E-state index in [0.717, 1.165) is 22.8 Å². The van der Waals surface area contributed by atoms with Gasteiger partial charge in [-0.1, -0.05) is 0 Å². The van der Waals surface area contributed by atoms with Crippen molar-refractivity contribution in [3.8, 4) is 11.4 Å². The van der Waals surface area contributed by atoms with Crippen LogP contribution in [-0.2, 0) is 6.61 Å². The second-order valence-electron chi connectivity index (χ2n) is 3.86. The first-order valence-electron chi connectivity index (χ1n) is 5.13. The van der Waals surface area contributed by atoms with Crippen molar-refractivity contribution in [3.63, 3.8) is 0 Å². The van der Waals surface area contributed by atoms with Gasteiger partial charge < -0.3 is 15.0 Å². The number of halogens is 1. The summed E-state index contributed by atoms with van der Waals surface area (Å²) in [6.45, 7) is -0.0111. The molecule has 1 heterocycles. The van der Waals surface area contributed by atoms with Crippen LogP contribution in [0.15, 0.2) is 30.5 Å². The number of aromatic nitrogens is 2. The fourth-order valence-corrected chi connectivity index (χ4v) is 1.50. The van der Waals surface area contributed by atoms with Crippen LogP contribution in [0.25, 0.3) is 11.4 Å². The van der Waals surface area contributed by atoms with Crippen molar-refractivity contribution in [1.29, 1.82) is 0 Å². The number of benzene rings is 1. The van der Waals surface area contributed by atoms with Gasteiger partial charge in [-0.2, -0.15) is 0 Å². The number of aliphatic hydroxyl groups excluding tert-OH is 1. The molecule has 0 radical (unpaired) electrons. The molecule has 5 heteroatoms. The maximum atomic E-state index is 8.94. The summed E-state index contributed by atoms with van der Waals surface area (Å²) in [5.41, 5.74) is 2.90. The number of hydrogen-bond acceptors (Lipinski definition) is 3. The Balaban J connectivity index is 0.00000144. The van der Waals surface area contributed by atoms with Crippen molar-refractivity contribution in [2.75, 3.05) is 19.0 Å². The number of aliphatic hydroxyl groups is 1. The van der Waals surface area contributed by atoms with Crippen molar-refractivity contribution < 1.29 is 5.11 Å². The van der Waals surface area contributed by atoms with Crippen molar-refractivity contribution >= 4 is 18.1 Å². The lowest BCUT2D eigenvalue weighted by Gasteiger charge is -2.12. The highest BCUT2D eigenvalue weighted by molar-refractivity contribution is 5.85. The zero-order chi connectivity index (χ0) is 11.5. The molecule has 0 atom stereocenters. The highest BCUT2D eigenvalue weighted by atomic mass is 35.5. The molecule has 0 bridgehead atoms. The lowest BCUT2D eigenvalue weighted by molar-refractivity contribution is 0.277. The number of hydrogen-bond donors (Lipinski definition) is 2. The van der Waals surface area contributed by atoms with Gasteiger partial charge >= 0.3 is 0 Å². The van der Waals surface area contributed by atoms with E-state index in [0.29, 0.717) is 0 Å². The summed E-state index contributed by atoms with van der Waals surface area (Å²) < 4.78 is 0. The third-order valence-corrected chi connectivity index (χ3v) is 2.46.